The molecule has 0 aliphatic rings. The molecule has 18 heavy (non-hydrogen) atoms. The third kappa shape index (κ3) is 2.16. The Bertz CT molecular complexity index is 562. The number of hydrogen-bond acceptors (Lipinski definition) is 4. The Morgan fingerprint density at radius 2 is 2.00 bits per heavy atom. The Hall–Kier alpha value is -2.03. The monoisotopic (exact) mass is 261 g/mol. The fourth-order valence-corrected chi connectivity index (χ4v) is 1.40. The molecule has 0 spiro atoms. The second-order valence-electron chi connectivity index (χ2n) is 3.37. The number of rotatable bonds is 2. The topological polar surface area (TPSA) is 69.6 Å². The summed E-state index contributed by atoms with van der Waals surface area (Å²) >= 11 is 0. The first-order valence-electron chi connectivity index (χ1n) is 4.78. The average molecular weight is 261 g/mol. The van der Waals surface area contributed by atoms with Crippen LogP contribution < -0.4 is 5.73 Å². The van der Waals surface area contributed by atoms with Crippen LogP contribution in [0.4, 0.5) is 17.6 Å². The molecule has 2 rings (SSSR count). The number of benzene rings is 1. The summed E-state index contributed by atoms with van der Waals surface area (Å²) in [5, 5.41) is 10.3. The number of alkyl halides is 3. The SMILES string of the molecule is NCc1nnnn1-c1ccc(F)c(C(F)(F)F)c1. The van der Waals surface area contributed by atoms with Gasteiger partial charge in [0.15, 0.2) is 5.82 Å². The van der Waals surface area contributed by atoms with Gasteiger partial charge in [-0.2, -0.15) is 17.9 Å². The Labute approximate surface area is 98.2 Å². The Morgan fingerprint density at radius 1 is 1.28 bits per heavy atom. The zero-order chi connectivity index (χ0) is 13.3. The van der Waals surface area contributed by atoms with Crippen molar-refractivity contribution in [2.45, 2.75) is 12.7 Å². The molecule has 0 saturated heterocycles. The Morgan fingerprint density at radius 3 is 2.61 bits per heavy atom. The lowest BCUT2D eigenvalue weighted by atomic mass is 10.2. The second-order valence-corrected chi connectivity index (χ2v) is 3.37. The highest BCUT2D eigenvalue weighted by Crippen LogP contribution is 2.32. The van der Waals surface area contributed by atoms with Crippen LogP contribution in [0.25, 0.3) is 5.69 Å². The molecule has 1 aromatic carbocycles. The predicted octanol–water partition coefficient (Wildman–Crippen LogP) is 1.28. The van der Waals surface area contributed by atoms with Gasteiger partial charge in [0.2, 0.25) is 0 Å². The number of halogens is 4. The summed E-state index contributed by atoms with van der Waals surface area (Å²) in [6.07, 6.45) is -4.78. The maximum atomic E-state index is 13.1. The normalized spacial score (nSPS) is 11.8. The van der Waals surface area contributed by atoms with Gasteiger partial charge in [-0.25, -0.2) is 4.39 Å². The molecule has 2 N–H and O–H groups in total. The Kier molecular flexibility index (Phi) is 2.99. The van der Waals surface area contributed by atoms with Gasteiger partial charge < -0.3 is 5.73 Å². The summed E-state index contributed by atoms with van der Waals surface area (Å²) in [5.74, 6) is -1.18. The molecule has 0 bridgehead atoms. The van der Waals surface area contributed by atoms with Crippen molar-refractivity contribution in [1.29, 1.82) is 0 Å². The van der Waals surface area contributed by atoms with E-state index in [9.17, 15) is 17.6 Å². The quantitative estimate of drug-likeness (QED) is 0.827. The maximum Gasteiger partial charge on any atom is 0.419 e. The number of nitrogens with two attached hydrogens (primary N) is 1. The highest BCUT2D eigenvalue weighted by Gasteiger charge is 2.34. The molecule has 0 radical (unpaired) electrons. The summed E-state index contributed by atoms with van der Waals surface area (Å²) in [6.45, 7) is -0.0499. The van der Waals surface area contributed by atoms with E-state index in [1.807, 2.05) is 0 Å². The summed E-state index contributed by atoms with van der Waals surface area (Å²) in [6, 6.07) is 2.48. The van der Waals surface area contributed by atoms with E-state index < -0.39 is 17.6 Å². The second kappa shape index (κ2) is 4.33. The van der Waals surface area contributed by atoms with Crippen molar-refractivity contribution in [3.05, 3.63) is 35.4 Å². The fraction of sp³-hybridized carbons (Fsp3) is 0.222. The number of tetrazole rings is 1. The minimum absolute atomic E-state index is 0.00539. The molecule has 9 heteroatoms. The van der Waals surface area contributed by atoms with Crippen molar-refractivity contribution in [2.75, 3.05) is 0 Å². The van der Waals surface area contributed by atoms with Gasteiger partial charge in [0.05, 0.1) is 17.8 Å². The minimum Gasteiger partial charge on any atom is -0.324 e. The third-order valence-electron chi connectivity index (χ3n) is 2.22. The van der Waals surface area contributed by atoms with Crippen molar-refractivity contribution in [2.24, 2.45) is 5.73 Å². The van der Waals surface area contributed by atoms with E-state index in [4.69, 9.17) is 5.73 Å². The zero-order valence-electron chi connectivity index (χ0n) is 8.82. The molecule has 5 nitrogen and oxygen atoms in total. The van der Waals surface area contributed by atoms with Crippen molar-refractivity contribution in [3.63, 3.8) is 0 Å². The minimum atomic E-state index is -4.78. The molecule has 0 aliphatic heterocycles. The summed E-state index contributed by atoms with van der Waals surface area (Å²) < 4.78 is 51.7. The van der Waals surface area contributed by atoms with Crippen molar-refractivity contribution >= 4 is 0 Å². The molecule has 1 aromatic heterocycles. The first-order valence-corrected chi connectivity index (χ1v) is 4.78. The van der Waals surface area contributed by atoms with Crippen LogP contribution in [-0.2, 0) is 12.7 Å². The highest BCUT2D eigenvalue weighted by atomic mass is 19.4. The largest absolute Gasteiger partial charge is 0.419 e. The van der Waals surface area contributed by atoms with Crippen LogP contribution in [-0.4, -0.2) is 20.2 Å². The van der Waals surface area contributed by atoms with Gasteiger partial charge in [0.1, 0.15) is 5.82 Å². The molecular formula is C9H7F4N5. The van der Waals surface area contributed by atoms with E-state index in [2.05, 4.69) is 15.5 Å². The molecule has 0 saturated carbocycles. The van der Waals surface area contributed by atoms with Crippen LogP contribution >= 0.6 is 0 Å². The highest BCUT2D eigenvalue weighted by molar-refractivity contribution is 5.37. The summed E-state index contributed by atoms with van der Waals surface area (Å²) in [4.78, 5) is 0. The van der Waals surface area contributed by atoms with Crippen LogP contribution in [0.3, 0.4) is 0 Å². The van der Waals surface area contributed by atoms with E-state index in [0.717, 1.165) is 10.7 Å². The first-order chi connectivity index (χ1) is 8.43. The van der Waals surface area contributed by atoms with Gasteiger partial charge in [-0.3, -0.25) is 0 Å². The third-order valence-corrected chi connectivity index (χ3v) is 2.22. The van der Waals surface area contributed by atoms with Crippen LogP contribution in [0, 0.1) is 5.82 Å². The predicted molar refractivity (Wildman–Crippen MR) is 52.0 cm³/mol. The standard InChI is InChI=1S/C9H7F4N5/c10-7-2-1-5(3-6(7)9(11,12)13)18-8(4-14)15-16-17-18/h1-3H,4,14H2. The van der Waals surface area contributed by atoms with Gasteiger partial charge in [0.25, 0.3) is 0 Å². The van der Waals surface area contributed by atoms with Crippen LogP contribution in [0.5, 0.6) is 0 Å². The Balaban J connectivity index is 2.54. The molecule has 1 heterocycles. The molecule has 0 fully saturated rings. The molecule has 96 valence electrons. The van der Waals surface area contributed by atoms with E-state index in [1.165, 1.54) is 0 Å². The average Bonchev–Trinajstić information content (AvgIpc) is 2.76. The number of nitrogens with zero attached hydrogens (tertiary/aromatic N) is 4. The number of hydrogen-bond donors (Lipinski definition) is 1. The number of aromatic nitrogens is 4. The smallest absolute Gasteiger partial charge is 0.324 e. The van der Waals surface area contributed by atoms with Gasteiger partial charge in [-0.1, -0.05) is 0 Å². The van der Waals surface area contributed by atoms with E-state index in [0.29, 0.717) is 12.1 Å². The van der Waals surface area contributed by atoms with Gasteiger partial charge in [0, 0.05) is 0 Å². The lowest BCUT2D eigenvalue weighted by Crippen LogP contribution is -2.12. The molecule has 2 aromatic rings. The molecular weight excluding hydrogens is 254 g/mol. The zero-order valence-corrected chi connectivity index (χ0v) is 8.82. The van der Waals surface area contributed by atoms with Crippen LogP contribution in [0.15, 0.2) is 18.2 Å². The van der Waals surface area contributed by atoms with Crippen LogP contribution in [0.1, 0.15) is 11.4 Å². The van der Waals surface area contributed by atoms with Crippen LogP contribution in [0.2, 0.25) is 0 Å². The van der Waals surface area contributed by atoms with Crippen molar-refractivity contribution in [3.8, 4) is 5.69 Å². The van der Waals surface area contributed by atoms with E-state index >= 15 is 0 Å². The lowest BCUT2D eigenvalue weighted by molar-refractivity contribution is -0.140. The lowest BCUT2D eigenvalue weighted by Gasteiger charge is -2.10. The fourth-order valence-electron chi connectivity index (χ4n) is 1.40. The van der Waals surface area contributed by atoms with E-state index in [-0.39, 0.29) is 18.1 Å². The molecule has 0 amide bonds. The van der Waals surface area contributed by atoms with Gasteiger partial charge in [-0.05, 0) is 28.6 Å². The van der Waals surface area contributed by atoms with Gasteiger partial charge in [-0.15, -0.1) is 5.10 Å². The summed E-state index contributed by atoms with van der Waals surface area (Å²) in [5.41, 5.74) is 3.94. The molecule has 0 unspecified atom stereocenters. The van der Waals surface area contributed by atoms with Crippen molar-refractivity contribution < 1.29 is 17.6 Å². The summed E-state index contributed by atoms with van der Waals surface area (Å²) in [7, 11) is 0. The maximum absolute atomic E-state index is 13.1. The van der Waals surface area contributed by atoms with Crippen molar-refractivity contribution in [1.82, 2.24) is 20.2 Å². The molecule has 0 aliphatic carbocycles. The van der Waals surface area contributed by atoms with E-state index in [1.54, 1.807) is 0 Å². The van der Waals surface area contributed by atoms with Gasteiger partial charge >= 0.3 is 6.18 Å². The molecule has 0 atom stereocenters. The first kappa shape index (κ1) is 12.4.